The van der Waals surface area contributed by atoms with Crippen molar-refractivity contribution < 1.29 is 14.3 Å². The number of rotatable bonds is 8. The molecule has 0 bridgehead atoms. The van der Waals surface area contributed by atoms with E-state index in [0.29, 0.717) is 40.4 Å². The predicted molar refractivity (Wildman–Crippen MR) is 119 cm³/mol. The molecule has 1 amide bonds. The highest BCUT2D eigenvalue weighted by Crippen LogP contribution is 2.29. The van der Waals surface area contributed by atoms with Gasteiger partial charge in [0.2, 0.25) is 0 Å². The van der Waals surface area contributed by atoms with Crippen LogP contribution in [-0.4, -0.2) is 23.7 Å². The molecule has 156 valence electrons. The number of anilines is 1. The number of aromatic nitrogens is 1. The summed E-state index contributed by atoms with van der Waals surface area (Å²) < 4.78 is 11.7. The van der Waals surface area contributed by atoms with Crippen LogP contribution in [-0.2, 0) is 6.61 Å². The van der Waals surface area contributed by atoms with E-state index in [9.17, 15) is 4.79 Å². The van der Waals surface area contributed by atoms with Gasteiger partial charge >= 0.3 is 0 Å². The lowest BCUT2D eigenvalue weighted by Crippen LogP contribution is -2.17. The van der Waals surface area contributed by atoms with Crippen LogP contribution in [0.3, 0.4) is 0 Å². The summed E-state index contributed by atoms with van der Waals surface area (Å²) in [4.78, 5) is 16.7. The van der Waals surface area contributed by atoms with E-state index in [0.717, 1.165) is 22.5 Å². The Hall–Kier alpha value is -3.39. The maximum atomic E-state index is 12.2. The van der Waals surface area contributed by atoms with E-state index >= 15 is 0 Å². The van der Waals surface area contributed by atoms with E-state index < -0.39 is 0 Å². The van der Waals surface area contributed by atoms with Crippen molar-refractivity contribution in [1.82, 2.24) is 10.4 Å². The lowest BCUT2D eigenvalue weighted by atomic mass is 10.1. The number of carbonyl (C=O) groups is 1. The number of benzene rings is 2. The predicted octanol–water partition coefficient (Wildman–Crippen LogP) is 4.08. The van der Waals surface area contributed by atoms with Gasteiger partial charge in [0, 0.05) is 0 Å². The zero-order valence-corrected chi connectivity index (χ0v) is 18.0. The number of nitrogens with two attached hydrogens (primary N) is 1. The Morgan fingerprint density at radius 2 is 2.03 bits per heavy atom. The number of hydrogen-bond donors (Lipinski definition) is 2. The minimum Gasteiger partial charge on any atom is -0.490 e. The van der Waals surface area contributed by atoms with E-state index in [-0.39, 0.29) is 5.91 Å². The number of amides is 1. The minimum atomic E-state index is -0.346. The van der Waals surface area contributed by atoms with Crippen LogP contribution >= 0.6 is 11.3 Å². The van der Waals surface area contributed by atoms with E-state index in [4.69, 9.17) is 15.2 Å². The number of ether oxygens (including phenoxy) is 2. The molecule has 0 radical (unpaired) electrons. The molecule has 0 atom stereocenters. The van der Waals surface area contributed by atoms with Gasteiger partial charge in [0.05, 0.1) is 18.5 Å². The summed E-state index contributed by atoms with van der Waals surface area (Å²) in [5.74, 6) is 0.919. The van der Waals surface area contributed by atoms with Gasteiger partial charge in [-0.05, 0) is 50.1 Å². The van der Waals surface area contributed by atoms with Crippen LogP contribution in [0.5, 0.6) is 11.5 Å². The van der Waals surface area contributed by atoms with Crippen molar-refractivity contribution in [3.8, 4) is 11.5 Å². The van der Waals surface area contributed by atoms with Gasteiger partial charge in [-0.15, -0.1) is 0 Å². The Morgan fingerprint density at radius 3 is 2.73 bits per heavy atom. The van der Waals surface area contributed by atoms with Crippen molar-refractivity contribution in [2.75, 3.05) is 12.3 Å². The van der Waals surface area contributed by atoms with Crippen molar-refractivity contribution >= 4 is 28.6 Å². The number of nitrogens with one attached hydrogen (secondary N) is 1. The van der Waals surface area contributed by atoms with Gasteiger partial charge in [0.25, 0.3) is 5.91 Å². The van der Waals surface area contributed by atoms with E-state index in [1.807, 2.05) is 50.2 Å². The van der Waals surface area contributed by atoms with Crippen LogP contribution < -0.4 is 20.6 Å². The molecule has 30 heavy (non-hydrogen) atoms. The number of hydrazone groups is 1. The van der Waals surface area contributed by atoms with Gasteiger partial charge in [0.1, 0.15) is 11.5 Å². The summed E-state index contributed by atoms with van der Waals surface area (Å²) >= 11 is 1.13. The fourth-order valence-corrected chi connectivity index (χ4v) is 3.52. The molecule has 1 aromatic heterocycles. The standard InChI is InChI=1S/C22H24N4O3S/c1-4-28-19-11-16(12-24-26-21(27)20-15(3)25-22(23)30-20)8-9-18(19)29-13-17-7-5-6-14(2)10-17/h5-12H,4,13H2,1-3H3,(H2,23,25)(H,26,27)/b24-12+. The van der Waals surface area contributed by atoms with Crippen molar-refractivity contribution in [2.24, 2.45) is 5.10 Å². The fraction of sp³-hybridized carbons (Fsp3) is 0.227. The Labute approximate surface area is 179 Å². The molecule has 0 saturated heterocycles. The molecule has 7 nitrogen and oxygen atoms in total. The third-order valence-electron chi connectivity index (χ3n) is 4.14. The molecule has 1 heterocycles. The zero-order chi connectivity index (χ0) is 21.5. The average molecular weight is 425 g/mol. The van der Waals surface area contributed by atoms with Gasteiger partial charge in [-0.25, -0.2) is 10.4 Å². The third-order valence-corrected chi connectivity index (χ3v) is 5.13. The van der Waals surface area contributed by atoms with E-state index in [1.165, 1.54) is 5.56 Å². The highest BCUT2D eigenvalue weighted by Gasteiger charge is 2.13. The Bertz CT molecular complexity index is 1060. The van der Waals surface area contributed by atoms with Crippen LogP contribution in [0.4, 0.5) is 5.13 Å². The van der Waals surface area contributed by atoms with Gasteiger partial charge < -0.3 is 15.2 Å². The molecule has 0 unspecified atom stereocenters. The number of nitrogens with zero attached hydrogens (tertiary/aromatic N) is 2. The first-order valence-electron chi connectivity index (χ1n) is 9.47. The summed E-state index contributed by atoms with van der Waals surface area (Å²) in [5.41, 5.74) is 11.7. The lowest BCUT2D eigenvalue weighted by molar-refractivity contribution is 0.0958. The molecule has 0 aliphatic rings. The summed E-state index contributed by atoms with van der Waals surface area (Å²) in [6.07, 6.45) is 1.55. The van der Waals surface area contributed by atoms with E-state index in [2.05, 4.69) is 21.6 Å². The fourth-order valence-electron chi connectivity index (χ4n) is 2.80. The number of hydrogen-bond acceptors (Lipinski definition) is 7. The molecule has 3 aromatic rings. The highest BCUT2D eigenvalue weighted by atomic mass is 32.1. The Balaban J connectivity index is 1.67. The van der Waals surface area contributed by atoms with Gasteiger partial charge in [-0.2, -0.15) is 5.10 Å². The summed E-state index contributed by atoms with van der Waals surface area (Å²) in [7, 11) is 0. The van der Waals surface area contributed by atoms with Crippen LogP contribution in [0.25, 0.3) is 0 Å². The second kappa shape index (κ2) is 9.89. The molecule has 3 N–H and O–H groups in total. The lowest BCUT2D eigenvalue weighted by Gasteiger charge is -2.13. The van der Waals surface area contributed by atoms with Gasteiger partial charge in [-0.1, -0.05) is 41.2 Å². The molecule has 2 aromatic carbocycles. The first-order valence-corrected chi connectivity index (χ1v) is 10.3. The molecule has 0 aliphatic carbocycles. The molecule has 3 rings (SSSR count). The number of nitrogen functional groups attached to an aromatic ring is 1. The molecular formula is C22H24N4O3S. The molecule has 0 aliphatic heterocycles. The summed E-state index contributed by atoms with van der Waals surface area (Å²) in [6, 6.07) is 13.7. The van der Waals surface area contributed by atoms with Crippen LogP contribution in [0.2, 0.25) is 0 Å². The first-order chi connectivity index (χ1) is 14.5. The molecule has 0 spiro atoms. The van der Waals surface area contributed by atoms with Gasteiger partial charge in [0.15, 0.2) is 16.6 Å². The maximum Gasteiger partial charge on any atom is 0.283 e. The zero-order valence-electron chi connectivity index (χ0n) is 17.1. The maximum absolute atomic E-state index is 12.2. The first kappa shape index (κ1) is 21.3. The van der Waals surface area contributed by atoms with Crippen LogP contribution in [0, 0.1) is 13.8 Å². The van der Waals surface area contributed by atoms with Crippen molar-refractivity contribution in [3.05, 3.63) is 69.7 Å². The second-order valence-corrected chi connectivity index (χ2v) is 7.61. The average Bonchev–Trinajstić information content (AvgIpc) is 3.06. The topological polar surface area (TPSA) is 98.8 Å². The van der Waals surface area contributed by atoms with Crippen LogP contribution in [0.15, 0.2) is 47.6 Å². The van der Waals surface area contributed by atoms with Crippen molar-refractivity contribution in [2.45, 2.75) is 27.4 Å². The van der Waals surface area contributed by atoms with Crippen molar-refractivity contribution in [1.29, 1.82) is 0 Å². The Kier molecular flexibility index (Phi) is 7.03. The molecular weight excluding hydrogens is 400 g/mol. The van der Waals surface area contributed by atoms with Crippen LogP contribution in [0.1, 0.15) is 39.0 Å². The highest BCUT2D eigenvalue weighted by molar-refractivity contribution is 7.17. The summed E-state index contributed by atoms with van der Waals surface area (Å²) in [5, 5.41) is 4.37. The van der Waals surface area contributed by atoms with Gasteiger partial charge in [-0.3, -0.25) is 4.79 Å². The molecule has 0 saturated carbocycles. The second-order valence-electron chi connectivity index (χ2n) is 6.58. The molecule has 0 fully saturated rings. The minimum absolute atomic E-state index is 0.346. The normalized spacial score (nSPS) is 10.9. The quantitative estimate of drug-likeness (QED) is 0.419. The van der Waals surface area contributed by atoms with Crippen molar-refractivity contribution in [3.63, 3.8) is 0 Å². The SMILES string of the molecule is CCOc1cc(/C=N/NC(=O)c2sc(N)nc2C)ccc1OCc1cccc(C)c1. The monoisotopic (exact) mass is 424 g/mol. The molecule has 8 heteroatoms. The number of aryl methyl sites for hydroxylation is 2. The summed E-state index contributed by atoms with van der Waals surface area (Å²) in [6.45, 7) is 6.64. The number of thiazole rings is 1. The largest absolute Gasteiger partial charge is 0.490 e. The number of carbonyl (C=O) groups excluding carboxylic acids is 1. The smallest absolute Gasteiger partial charge is 0.283 e. The van der Waals surface area contributed by atoms with E-state index in [1.54, 1.807) is 13.1 Å². The Morgan fingerprint density at radius 1 is 1.20 bits per heavy atom. The third kappa shape index (κ3) is 5.57.